The number of rotatable bonds is 7. The molecule has 0 bridgehead atoms. The molecule has 6 nitrogen and oxygen atoms in total. The molecule has 34 heavy (non-hydrogen) atoms. The van der Waals surface area contributed by atoms with E-state index in [2.05, 4.69) is 44.6 Å². The monoisotopic (exact) mass is 451 g/mol. The quantitative estimate of drug-likeness (QED) is 0.404. The van der Waals surface area contributed by atoms with Crippen LogP contribution in [-0.4, -0.2) is 38.9 Å². The van der Waals surface area contributed by atoms with Gasteiger partial charge in [-0.25, -0.2) is 9.97 Å². The smallest absolute Gasteiger partial charge is 0.150 e. The zero-order chi connectivity index (χ0) is 22.9. The highest BCUT2D eigenvalue weighted by Crippen LogP contribution is 2.43. The molecule has 4 aromatic rings. The Balaban J connectivity index is 1.25. The van der Waals surface area contributed by atoms with Crippen molar-refractivity contribution in [1.82, 2.24) is 19.3 Å². The molecule has 2 aromatic heterocycles. The zero-order valence-electron chi connectivity index (χ0n) is 19.2. The summed E-state index contributed by atoms with van der Waals surface area (Å²) in [6.45, 7) is 3.87. The second kappa shape index (κ2) is 8.95. The summed E-state index contributed by atoms with van der Waals surface area (Å²) in [6, 6.07) is 18.3. The molecule has 1 saturated carbocycles. The van der Waals surface area contributed by atoms with Crippen molar-refractivity contribution in [3.63, 3.8) is 0 Å². The van der Waals surface area contributed by atoms with Crippen molar-refractivity contribution in [3.8, 4) is 17.0 Å². The number of fused-ring (bicyclic) bond motifs is 1. The number of anilines is 1. The molecule has 1 fully saturated rings. The molecule has 0 atom stereocenters. The minimum absolute atomic E-state index is 0.445. The number of benzene rings is 2. The number of nitrogens with zero attached hydrogens (tertiary/aromatic N) is 4. The van der Waals surface area contributed by atoms with Gasteiger partial charge < -0.3 is 10.5 Å². The van der Waals surface area contributed by atoms with E-state index < -0.39 is 0 Å². The number of hydrogen-bond acceptors (Lipinski definition) is 5. The van der Waals surface area contributed by atoms with Gasteiger partial charge in [-0.3, -0.25) is 9.30 Å². The third-order valence-corrected chi connectivity index (χ3v) is 6.98. The van der Waals surface area contributed by atoms with E-state index in [1.807, 2.05) is 42.6 Å². The fourth-order valence-electron chi connectivity index (χ4n) is 5.18. The molecule has 2 aliphatic rings. The average Bonchev–Trinajstić information content (AvgIpc) is 3.49. The minimum atomic E-state index is 0.445. The van der Waals surface area contributed by atoms with Gasteiger partial charge in [-0.05, 0) is 36.5 Å². The lowest BCUT2D eigenvalue weighted by Gasteiger charge is -2.37. The Morgan fingerprint density at radius 3 is 2.65 bits per heavy atom. The predicted molar refractivity (Wildman–Crippen MR) is 135 cm³/mol. The molecule has 1 aliphatic carbocycles. The van der Waals surface area contributed by atoms with E-state index in [0.29, 0.717) is 18.3 Å². The largest absolute Gasteiger partial charge is 0.489 e. The Bertz CT molecular complexity index is 1320. The molecule has 0 amide bonds. The van der Waals surface area contributed by atoms with Gasteiger partial charge in [0.15, 0.2) is 0 Å². The molecule has 0 radical (unpaired) electrons. The molecular weight excluding hydrogens is 422 g/mol. The molecule has 2 N–H and O–H groups in total. The van der Waals surface area contributed by atoms with Crippen molar-refractivity contribution in [2.24, 2.45) is 5.92 Å². The van der Waals surface area contributed by atoms with Gasteiger partial charge >= 0.3 is 0 Å². The molecule has 172 valence electrons. The SMILES string of the molecule is Nc1nccn2c(C3CC(CN4CC=CC4)C3)nc(-c3cccc(OCc4ccccc4)c3)c12. The van der Waals surface area contributed by atoms with E-state index in [-0.39, 0.29) is 0 Å². The summed E-state index contributed by atoms with van der Waals surface area (Å²) < 4.78 is 8.22. The van der Waals surface area contributed by atoms with Crippen molar-refractivity contribution >= 4 is 11.3 Å². The Morgan fingerprint density at radius 1 is 1.00 bits per heavy atom. The number of hydrogen-bond donors (Lipinski definition) is 1. The topological polar surface area (TPSA) is 68.7 Å². The van der Waals surface area contributed by atoms with Crippen molar-refractivity contribution in [3.05, 3.63) is 90.5 Å². The van der Waals surface area contributed by atoms with Crippen molar-refractivity contribution in [2.45, 2.75) is 25.4 Å². The first-order valence-corrected chi connectivity index (χ1v) is 12.0. The average molecular weight is 452 g/mol. The summed E-state index contributed by atoms with van der Waals surface area (Å²) in [5.74, 6) is 3.58. The van der Waals surface area contributed by atoms with Gasteiger partial charge in [-0.1, -0.05) is 54.6 Å². The molecular formula is C28H29N5O. The van der Waals surface area contributed by atoms with Gasteiger partial charge in [0.2, 0.25) is 0 Å². The van der Waals surface area contributed by atoms with Crippen molar-refractivity contribution in [2.75, 3.05) is 25.4 Å². The number of imidazole rings is 1. The Labute approximate surface area is 199 Å². The second-order valence-electron chi connectivity index (χ2n) is 9.38. The van der Waals surface area contributed by atoms with E-state index in [9.17, 15) is 0 Å². The van der Waals surface area contributed by atoms with Crippen LogP contribution in [0, 0.1) is 5.92 Å². The van der Waals surface area contributed by atoms with Crippen LogP contribution in [0.25, 0.3) is 16.8 Å². The summed E-state index contributed by atoms with van der Waals surface area (Å²) in [5.41, 5.74) is 10.2. The zero-order valence-corrected chi connectivity index (χ0v) is 19.2. The third kappa shape index (κ3) is 4.05. The minimum Gasteiger partial charge on any atom is -0.489 e. The van der Waals surface area contributed by atoms with Crippen molar-refractivity contribution < 1.29 is 4.74 Å². The Hall–Kier alpha value is -3.64. The van der Waals surface area contributed by atoms with Gasteiger partial charge in [0.25, 0.3) is 0 Å². The highest BCUT2D eigenvalue weighted by molar-refractivity contribution is 5.85. The molecule has 6 rings (SSSR count). The van der Waals surface area contributed by atoms with Crippen LogP contribution in [0.5, 0.6) is 5.75 Å². The number of ether oxygens (including phenoxy) is 1. The fourth-order valence-corrected chi connectivity index (χ4v) is 5.18. The fraction of sp³-hybridized carbons (Fsp3) is 0.286. The van der Waals surface area contributed by atoms with Crippen LogP contribution in [0.1, 0.15) is 30.1 Å². The first kappa shape index (κ1) is 20.9. The molecule has 0 saturated heterocycles. The highest BCUT2D eigenvalue weighted by Gasteiger charge is 2.35. The molecule has 0 spiro atoms. The van der Waals surface area contributed by atoms with Crippen LogP contribution >= 0.6 is 0 Å². The standard InChI is InChI=1S/C28H29N5O/c29-27-26-25(22-9-6-10-24(17-22)34-19-20-7-2-1-3-8-20)31-28(33(26)14-11-30-27)23-15-21(16-23)18-32-12-4-5-13-32/h1-11,14,17,21,23H,12-13,15-16,18-19H2,(H2,29,30). The number of nitrogens with two attached hydrogens (primary N) is 1. The number of aromatic nitrogens is 3. The molecule has 2 aromatic carbocycles. The van der Waals surface area contributed by atoms with Crippen LogP contribution in [0.3, 0.4) is 0 Å². The lowest BCUT2D eigenvalue weighted by molar-refractivity contribution is 0.179. The van der Waals surface area contributed by atoms with Gasteiger partial charge in [0.05, 0.1) is 0 Å². The second-order valence-corrected chi connectivity index (χ2v) is 9.38. The summed E-state index contributed by atoms with van der Waals surface area (Å²) in [6.07, 6.45) is 10.6. The van der Waals surface area contributed by atoms with E-state index in [1.165, 1.54) is 6.54 Å². The maximum Gasteiger partial charge on any atom is 0.150 e. The molecule has 1 aliphatic heterocycles. The van der Waals surface area contributed by atoms with Crippen molar-refractivity contribution in [1.29, 1.82) is 0 Å². The van der Waals surface area contributed by atoms with Gasteiger partial charge in [-0.15, -0.1) is 0 Å². The summed E-state index contributed by atoms with van der Waals surface area (Å²) in [4.78, 5) is 12.0. The third-order valence-electron chi connectivity index (χ3n) is 6.98. The Morgan fingerprint density at radius 2 is 1.82 bits per heavy atom. The molecule has 3 heterocycles. The van der Waals surface area contributed by atoms with E-state index in [0.717, 1.165) is 65.8 Å². The summed E-state index contributed by atoms with van der Waals surface area (Å²) in [7, 11) is 0. The van der Waals surface area contributed by atoms with Gasteiger partial charge in [0, 0.05) is 43.5 Å². The molecule has 6 heteroatoms. The molecule has 0 unspecified atom stereocenters. The summed E-state index contributed by atoms with van der Waals surface area (Å²) >= 11 is 0. The van der Waals surface area contributed by atoms with Crippen LogP contribution in [0.4, 0.5) is 5.82 Å². The van der Waals surface area contributed by atoms with E-state index in [4.69, 9.17) is 15.5 Å². The van der Waals surface area contributed by atoms with Crippen LogP contribution < -0.4 is 10.5 Å². The summed E-state index contributed by atoms with van der Waals surface area (Å²) in [5, 5.41) is 0. The maximum atomic E-state index is 6.36. The van der Waals surface area contributed by atoms with Crippen LogP contribution in [0.2, 0.25) is 0 Å². The number of nitrogen functional groups attached to an aromatic ring is 1. The predicted octanol–water partition coefficient (Wildman–Crippen LogP) is 4.92. The van der Waals surface area contributed by atoms with E-state index in [1.54, 1.807) is 6.20 Å². The lowest BCUT2D eigenvalue weighted by atomic mass is 9.74. The normalized spacial score (nSPS) is 20.0. The van der Waals surface area contributed by atoms with Crippen LogP contribution in [0.15, 0.2) is 79.1 Å². The first-order chi connectivity index (χ1) is 16.7. The highest BCUT2D eigenvalue weighted by atomic mass is 16.5. The Kier molecular flexibility index (Phi) is 5.51. The van der Waals surface area contributed by atoms with Crippen LogP contribution in [-0.2, 0) is 6.61 Å². The van der Waals surface area contributed by atoms with Gasteiger partial charge in [0.1, 0.15) is 35.2 Å². The van der Waals surface area contributed by atoms with E-state index >= 15 is 0 Å². The first-order valence-electron chi connectivity index (χ1n) is 12.0. The maximum absolute atomic E-state index is 6.36. The van der Waals surface area contributed by atoms with Gasteiger partial charge in [-0.2, -0.15) is 0 Å². The lowest BCUT2D eigenvalue weighted by Crippen LogP contribution is -2.34.